The minimum absolute atomic E-state index is 0.165. The van der Waals surface area contributed by atoms with E-state index in [1.54, 1.807) is 0 Å². The first-order valence-electron chi connectivity index (χ1n) is 4.21. The summed E-state index contributed by atoms with van der Waals surface area (Å²) in [6.45, 7) is -0.241. The molecular weight excluding hydrogens is 248 g/mol. The molecule has 0 aliphatic heterocycles. The van der Waals surface area contributed by atoms with E-state index in [0.717, 1.165) is 11.5 Å². The van der Waals surface area contributed by atoms with Crippen molar-refractivity contribution in [3.63, 3.8) is 0 Å². The third kappa shape index (κ3) is 4.33. The van der Waals surface area contributed by atoms with Gasteiger partial charge in [-0.25, -0.2) is 8.78 Å². The summed E-state index contributed by atoms with van der Waals surface area (Å²) in [6.07, 6.45) is -2.44. The lowest BCUT2D eigenvalue weighted by Gasteiger charge is -2.19. The Balaban J connectivity index is 2.54. The lowest BCUT2D eigenvalue weighted by Crippen LogP contribution is -2.31. The van der Waals surface area contributed by atoms with Gasteiger partial charge in [-0.05, 0) is 0 Å². The van der Waals surface area contributed by atoms with Crippen LogP contribution in [0.2, 0.25) is 4.34 Å². The van der Waals surface area contributed by atoms with E-state index in [0.29, 0.717) is 10.0 Å². The van der Waals surface area contributed by atoms with E-state index in [4.69, 9.17) is 16.7 Å². The summed E-state index contributed by atoms with van der Waals surface area (Å²) in [4.78, 5) is 1.38. The second kappa shape index (κ2) is 6.26. The van der Waals surface area contributed by atoms with Gasteiger partial charge in [0, 0.05) is 24.6 Å². The van der Waals surface area contributed by atoms with Crippen LogP contribution < -0.4 is 0 Å². The molecule has 0 fully saturated rings. The van der Waals surface area contributed by atoms with E-state index < -0.39 is 13.0 Å². The van der Waals surface area contributed by atoms with Crippen LogP contribution in [0.4, 0.5) is 8.78 Å². The van der Waals surface area contributed by atoms with Crippen LogP contribution in [-0.2, 0) is 6.54 Å². The van der Waals surface area contributed by atoms with Crippen LogP contribution in [0.5, 0.6) is 0 Å². The smallest absolute Gasteiger partial charge is 0.251 e. The molecule has 15 heavy (non-hydrogen) atoms. The Labute approximate surface area is 94.6 Å². The molecular formula is C7H10ClF2N3OS. The molecule has 1 heterocycles. The molecule has 0 aromatic carbocycles. The van der Waals surface area contributed by atoms with Crippen molar-refractivity contribution in [2.75, 3.05) is 19.7 Å². The van der Waals surface area contributed by atoms with Crippen LogP contribution in [0.1, 0.15) is 5.69 Å². The van der Waals surface area contributed by atoms with Crippen LogP contribution >= 0.6 is 23.1 Å². The number of aromatic nitrogens is 2. The summed E-state index contributed by atoms with van der Waals surface area (Å²) in [5.41, 5.74) is 0.468. The maximum absolute atomic E-state index is 12.1. The molecule has 1 rings (SSSR count). The Bertz CT molecular complexity index is 300. The molecule has 0 aliphatic rings. The first-order chi connectivity index (χ1) is 7.13. The zero-order valence-corrected chi connectivity index (χ0v) is 9.31. The van der Waals surface area contributed by atoms with Gasteiger partial charge >= 0.3 is 0 Å². The molecule has 86 valence electrons. The zero-order chi connectivity index (χ0) is 11.3. The highest BCUT2D eigenvalue weighted by molar-refractivity contribution is 7.10. The van der Waals surface area contributed by atoms with Crippen LogP contribution in [0, 0.1) is 0 Å². The van der Waals surface area contributed by atoms with Gasteiger partial charge in [0.15, 0.2) is 0 Å². The summed E-state index contributed by atoms with van der Waals surface area (Å²) >= 11 is 6.75. The number of halogens is 3. The first-order valence-corrected chi connectivity index (χ1v) is 5.36. The van der Waals surface area contributed by atoms with E-state index >= 15 is 0 Å². The van der Waals surface area contributed by atoms with Crippen molar-refractivity contribution < 1.29 is 13.9 Å². The maximum atomic E-state index is 12.1. The maximum Gasteiger partial charge on any atom is 0.251 e. The van der Waals surface area contributed by atoms with Gasteiger partial charge in [0.25, 0.3) is 6.43 Å². The number of hydrogen-bond acceptors (Lipinski definition) is 5. The molecule has 0 amide bonds. The first kappa shape index (κ1) is 12.7. The standard InChI is InChI=1S/C7H10ClF2N3OS/c8-7-5(11-12-15-7)3-13(1-2-14)4-6(9)10/h6,14H,1-4H2. The van der Waals surface area contributed by atoms with E-state index in [2.05, 4.69) is 9.59 Å². The van der Waals surface area contributed by atoms with Crippen molar-refractivity contribution in [2.45, 2.75) is 13.0 Å². The summed E-state index contributed by atoms with van der Waals surface area (Å²) in [5.74, 6) is 0. The van der Waals surface area contributed by atoms with E-state index in [-0.39, 0.29) is 19.7 Å². The van der Waals surface area contributed by atoms with E-state index in [1.807, 2.05) is 0 Å². The lowest BCUT2D eigenvalue weighted by molar-refractivity contribution is 0.0740. The van der Waals surface area contributed by atoms with Gasteiger partial charge in [0.1, 0.15) is 10.0 Å². The molecule has 0 saturated carbocycles. The molecule has 8 heteroatoms. The highest BCUT2D eigenvalue weighted by Crippen LogP contribution is 2.19. The molecule has 1 N–H and O–H groups in total. The Morgan fingerprint density at radius 1 is 1.53 bits per heavy atom. The zero-order valence-electron chi connectivity index (χ0n) is 7.74. The molecule has 0 spiro atoms. The van der Waals surface area contributed by atoms with E-state index in [9.17, 15) is 8.78 Å². The van der Waals surface area contributed by atoms with Crippen molar-refractivity contribution >= 4 is 23.1 Å². The normalized spacial score (nSPS) is 11.6. The van der Waals surface area contributed by atoms with Gasteiger partial charge in [-0.3, -0.25) is 4.90 Å². The summed E-state index contributed by atoms with van der Waals surface area (Å²) in [7, 11) is 0. The number of nitrogens with zero attached hydrogens (tertiary/aromatic N) is 3. The highest BCUT2D eigenvalue weighted by Gasteiger charge is 2.15. The average molecular weight is 258 g/mol. The van der Waals surface area contributed by atoms with Crippen molar-refractivity contribution in [1.29, 1.82) is 0 Å². The fraction of sp³-hybridized carbons (Fsp3) is 0.714. The molecule has 0 unspecified atom stereocenters. The van der Waals surface area contributed by atoms with Gasteiger partial charge in [-0.15, -0.1) is 5.10 Å². The predicted molar refractivity (Wildman–Crippen MR) is 53.3 cm³/mol. The highest BCUT2D eigenvalue weighted by atomic mass is 35.5. The largest absolute Gasteiger partial charge is 0.395 e. The molecule has 4 nitrogen and oxygen atoms in total. The Morgan fingerprint density at radius 3 is 2.73 bits per heavy atom. The second-order valence-corrected chi connectivity index (χ2v) is 4.20. The fourth-order valence-corrected chi connectivity index (χ4v) is 1.69. The molecule has 1 aromatic rings. The molecule has 0 atom stereocenters. The van der Waals surface area contributed by atoms with Gasteiger partial charge in [0.05, 0.1) is 13.2 Å². The third-order valence-corrected chi connectivity index (χ3v) is 2.68. The molecule has 0 saturated heterocycles. The minimum atomic E-state index is -2.44. The number of hydrogen-bond donors (Lipinski definition) is 1. The van der Waals surface area contributed by atoms with Gasteiger partial charge in [-0.2, -0.15) is 0 Å². The molecule has 0 bridgehead atoms. The Morgan fingerprint density at radius 2 is 2.27 bits per heavy atom. The van der Waals surface area contributed by atoms with Gasteiger partial charge < -0.3 is 5.11 Å². The van der Waals surface area contributed by atoms with Crippen molar-refractivity contribution in [3.8, 4) is 0 Å². The van der Waals surface area contributed by atoms with Crippen LogP contribution in [0.25, 0.3) is 0 Å². The van der Waals surface area contributed by atoms with Crippen molar-refractivity contribution in [3.05, 3.63) is 10.0 Å². The summed E-state index contributed by atoms with van der Waals surface area (Å²) < 4.78 is 28.3. The minimum Gasteiger partial charge on any atom is -0.395 e. The number of alkyl halides is 2. The van der Waals surface area contributed by atoms with Gasteiger partial charge in [-0.1, -0.05) is 16.1 Å². The van der Waals surface area contributed by atoms with Crippen LogP contribution in [0.3, 0.4) is 0 Å². The summed E-state index contributed by atoms with van der Waals surface area (Å²) in [6, 6.07) is 0. The fourth-order valence-electron chi connectivity index (χ4n) is 1.07. The molecule has 0 aliphatic carbocycles. The monoisotopic (exact) mass is 257 g/mol. The van der Waals surface area contributed by atoms with Crippen molar-refractivity contribution in [1.82, 2.24) is 14.5 Å². The van der Waals surface area contributed by atoms with Gasteiger partial charge in [0.2, 0.25) is 0 Å². The van der Waals surface area contributed by atoms with Crippen LogP contribution in [-0.4, -0.2) is 45.7 Å². The number of rotatable bonds is 6. The molecule has 0 radical (unpaired) electrons. The number of aliphatic hydroxyl groups is 1. The SMILES string of the molecule is OCCN(Cc1nnsc1Cl)CC(F)F. The third-order valence-electron chi connectivity index (χ3n) is 1.70. The Kier molecular flexibility index (Phi) is 5.30. The lowest BCUT2D eigenvalue weighted by atomic mass is 10.4. The van der Waals surface area contributed by atoms with E-state index in [1.165, 1.54) is 4.90 Å². The predicted octanol–water partition coefficient (Wildman–Crippen LogP) is 1.25. The quantitative estimate of drug-likeness (QED) is 0.833. The number of aliphatic hydroxyl groups excluding tert-OH is 1. The average Bonchev–Trinajstić information content (AvgIpc) is 2.51. The van der Waals surface area contributed by atoms with Crippen LogP contribution in [0.15, 0.2) is 0 Å². The molecule has 1 aromatic heterocycles. The summed E-state index contributed by atoms with van der Waals surface area (Å²) in [5, 5.41) is 12.4. The topological polar surface area (TPSA) is 49.2 Å². The second-order valence-electron chi connectivity index (χ2n) is 2.84. The van der Waals surface area contributed by atoms with Crippen molar-refractivity contribution in [2.24, 2.45) is 0 Å². The Hall–Kier alpha value is -0.370.